The molecule has 1 atom stereocenters. The van der Waals surface area contributed by atoms with Crippen LogP contribution in [0.2, 0.25) is 0 Å². The van der Waals surface area contributed by atoms with Gasteiger partial charge in [0.15, 0.2) is 0 Å². The maximum atomic E-state index is 8.86. The second kappa shape index (κ2) is 3.99. The average Bonchev–Trinajstić information content (AvgIpc) is 2.89. The lowest BCUT2D eigenvalue weighted by Gasteiger charge is -2.35. The quantitative estimate of drug-likeness (QED) is 0.765. The highest BCUT2D eigenvalue weighted by Gasteiger charge is 2.34. The van der Waals surface area contributed by atoms with Gasteiger partial charge in [0, 0.05) is 23.9 Å². The van der Waals surface area contributed by atoms with Crippen LogP contribution in [0.25, 0.3) is 0 Å². The molecular formula is C15H15N3. The van der Waals surface area contributed by atoms with Gasteiger partial charge in [-0.2, -0.15) is 5.26 Å². The fraction of sp³-hybridized carbons (Fsp3) is 0.333. The Kier molecular flexibility index (Phi) is 2.45. The summed E-state index contributed by atoms with van der Waals surface area (Å²) in [5, 5.41) is 8.86. The molecule has 1 unspecified atom stereocenters. The summed E-state index contributed by atoms with van der Waals surface area (Å²) in [7, 11) is 0. The van der Waals surface area contributed by atoms with Crippen molar-refractivity contribution in [1.82, 2.24) is 9.55 Å². The molecule has 3 nitrogen and oxygen atoms in total. The molecule has 1 aliphatic heterocycles. The summed E-state index contributed by atoms with van der Waals surface area (Å²) in [5.41, 5.74) is 3.27. The predicted octanol–water partition coefficient (Wildman–Crippen LogP) is 2.85. The molecule has 2 aromatic rings. The average molecular weight is 237 g/mol. The first-order valence-corrected chi connectivity index (χ1v) is 6.25. The van der Waals surface area contributed by atoms with Gasteiger partial charge in [0.1, 0.15) is 0 Å². The molecule has 0 bridgehead atoms. The van der Waals surface area contributed by atoms with Crippen molar-refractivity contribution >= 4 is 0 Å². The van der Waals surface area contributed by atoms with E-state index in [-0.39, 0.29) is 5.41 Å². The zero-order chi connectivity index (χ0) is 12.6. The summed E-state index contributed by atoms with van der Waals surface area (Å²) in [5.74, 6) is 0. The fourth-order valence-corrected chi connectivity index (χ4v) is 2.89. The molecule has 3 rings (SSSR count). The van der Waals surface area contributed by atoms with E-state index in [1.165, 1.54) is 17.7 Å². The van der Waals surface area contributed by atoms with Crippen LogP contribution in [-0.2, 0) is 12.0 Å². The van der Waals surface area contributed by atoms with E-state index in [9.17, 15) is 0 Å². The summed E-state index contributed by atoms with van der Waals surface area (Å²) in [4.78, 5) is 4.27. The molecule has 0 radical (unpaired) electrons. The summed E-state index contributed by atoms with van der Waals surface area (Å²) in [6.45, 7) is 3.32. The Balaban J connectivity index is 2.08. The van der Waals surface area contributed by atoms with Crippen LogP contribution in [0.15, 0.2) is 36.8 Å². The van der Waals surface area contributed by atoms with Crippen LogP contribution >= 0.6 is 0 Å². The second-order valence-electron chi connectivity index (χ2n) is 5.10. The van der Waals surface area contributed by atoms with Gasteiger partial charge in [-0.1, -0.05) is 12.1 Å². The Labute approximate surface area is 107 Å². The molecule has 0 saturated carbocycles. The molecular weight excluding hydrogens is 222 g/mol. The molecule has 1 aliphatic rings. The lowest BCUT2D eigenvalue weighted by atomic mass is 9.74. The summed E-state index contributed by atoms with van der Waals surface area (Å²) in [6, 6.07) is 10.1. The molecule has 2 heterocycles. The van der Waals surface area contributed by atoms with E-state index in [0.717, 1.165) is 13.0 Å². The third kappa shape index (κ3) is 1.53. The molecule has 3 heteroatoms. The van der Waals surface area contributed by atoms with Crippen molar-refractivity contribution in [2.24, 2.45) is 0 Å². The number of fused-ring (bicyclic) bond motifs is 1. The molecule has 0 amide bonds. The molecule has 0 saturated heterocycles. The topological polar surface area (TPSA) is 41.6 Å². The SMILES string of the molecule is CC1(c2ccc(C#N)cc2)CCCn2cncc21. The minimum atomic E-state index is 0.0166. The van der Waals surface area contributed by atoms with Crippen molar-refractivity contribution in [3.63, 3.8) is 0 Å². The lowest BCUT2D eigenvalue weighted by Crippen LogP contribution is -2.31. The van der Waals surface area contributed by atoms with Gasteiger partial charge in [0.25, 0.3) is 0 Å². The molecule has 1 aromatic heterocycles. The van der Waals surface area contributed by atoms with Gasteiger partial charge < -0.3 is 4.57 Å². The van der Waals surface area contributed by atoms with Crippen LogP contribution in [0.5, 0.6) is 0 Å². The van der Waals surface area contributed by atoms with E-state index < -0.39 is 0 Å². The molecule has 90 valence electrons. The van der Waals surface area contributed by atoms with Crippen LogP contribution in [-0.4, -0.2) is 9.55 Å². The molecule has 1 aromatic carbocycles. The standard InChI is InChI=1S/C15H15N3/c1-15(13-5-3-12(9-16)4-6-13)7-2-8-18-11-17-10-14(15)18/h3-6,10-11H,2,7-8H2,1H3. The number of hydrogen-bond acceptors (Lipinski definition) is 2. The van der Waals surface area contributed by atoms with Gasteiger partial charge in [-0.3, -0.25) is 0 Å². The molecule has 0 spiro atoms. The Hall–Kier alpha value is -2.08. The first-order chi connectivity index (χ1) is 8.74. The zero-order valence-electron chi connectivity index (χ0n) is 10.4. The highest BCUT2D eigenvalue weighted by Crippen LogP contribution is 2.39. The van der Waals surface area contributed by atoms with E-state index in [4.69, 9.17) is 5.26 Å². The molecule has 0 aliphatic carbocycles. The highest BCUT2D eigenvalue weighted by molar-refractivity contribution is 5.39. The number of hydrogen-bond donors (Lipinski definition) is 0. The minimum absolute atomic E-state index is 0.0166. The monoisotopic (exact) mass is 237 g/mol. The second-order valence-corrected chi connectivity index (χ2v) is 5.10. The van der Waals surface area contributed by atoms with Crippen LogP contribution in [0.1, 0.15) is 36.6 Å². The Morgan fingerprint density at radius 3 is 2.83 bits per heavy atom. The van der Waals surface area contributed by atoms with E-state index in [2.05, 4.69) is 34.7 Å². The molecule has 0 N–H and O–H groups in total. The largest absolute Gasteiger partial charge is 0.334 e. The maximum absolute atomic E-state index is 8.86. The summed E-state index contributed by atoms with van der Waals surface area (Å²) < 4.78 is 2.24. The number of rotatable bonds is 1. The molecule has 18 heavy (non-hydrogen) atoms. The Morgan fingerprint density at radius 1 is 1.33 bits per heavy atom. The van der Waals surface area contributed by atoms with Gasteiger partial charge in [-0.05, 0) is 37.5 Å². The van der Waals surface area contributed by atoms with Crippen LogP contribution in [0, 0.1) is 11.3 Å². The van der Waals surface area contributed by atoms with Crippen molar-refractivity contribution in [3.05, 3.63) is 53.6 Å². The Morgan fingerprint density at radius 2 is 2.11 bits per heavy atom. The van der Waals surface area contributed by atoms with Crippen molar-refractivity contribution in [2.45, 2.75) is 31.7 Å². The first-order valence-electron chi connectivity index (χ1n) is 6.25. The lowest BCUT2D eigenvalue weighted by molar-refractivity contribution is 0.388. The number of nitrogens with zero attached hydrogens (tertiary/aromatic N) is 3. The number of imidazole rings is 1. The normalized spacial score (nSPS) is 22.2. The van der Waals surface area contributed by atoms with Crippen molar-refractivity contribution < 1.29 is 0 Å². The first kappa shape index (κ1) is 11.0. The van der Waals surface area contributed by atoms with Crippen molar-refractivity contribution in [3.8, 4) is 6.07 Å². The number of benzene rings is 1. The van der Waals surface area contributed by atoms with Crippen LogP contribution < -0.4 is 0 Å². The predicted molar refractivity (Wildman–Crippen MR) is 69.1 cm³/mol. The van der Waals surface area contributed by atoms with Gasteiger partial charge in [-0.15, -0.1) is 0 Å². The summed E-state index contributed by atoms with van der Waals surface area (Å²) >= 11 is 0. The Bertz CT molecular complexity index is 603. The number of nitriles is 1. The zero-order valence-corrected chi connectivity index (χ0v) is 10.4. The van der Waals surface area contributed by atoms with Gasteiger partial charge in [0.05, 0.1) is 18.0 Å². The van der Waals surface area contributed by atoms with E-state index in [1.807, 2.05) is 24.7 Å². The van der Waals surface area contributed by atoms with Gasteiger partial charge in [0.2, 0.25) is 0 Å². The minimum Gasteiger partial charge on any atom is -0.334 e. The molecule has 0 fully saturated rings. The maximum Gasteiger partial charge on any atom is 0.0991 e. The van der Waals surface area contributed by atoms with Crippen molar-refractivity contribution in [1.29, 1.82) is 5.26 Å². The van der Waals surface area contributed by atoms with Gasteiger partial charge in [-0.25, -0.2) is 4.98 Å². The van der Waals surface area contributed by atoms with Gasteiger partial charge >= 0.3 is 0 Å². The summed E-state index contributed by atoms with van der Waals surface area (Å²) in [6.07, 6.45) is 6.18. The van der Waals surface area contributed by atoms with E-state index in [0.29, 0.717) is 5.56 Å². The fourth-order valence-electron chi connectivity index (χ4n) is 2.89. The van der Waals surface area contributed by atoms with Crippen LogP contribution in [0.4, 0.5) is 0 Å². The van der Waals surface area contributed by atoms with E-state index in [1.54, 1.807) is 0 Å². The third-order valence-electron chi connectivity index (χ3n) is 4.00. The van der Waals surface area contributed by atoms with E-state index >= 15 is 0 Å². The number of aromatic nitrogens is 2. The highest BCUT2D eigenvalue weighted by atomic mass is 15.1. The third-order valence-corrected chi connectivity index (χ3v) is 4.00. The van der Waals surface area contributed by atoms with Crippen LogP contribution in [0.3, 0.4) is 0 Å². The van der Waals surface area contributed by atoms with Crippen molar-refractivity contribution in [2.75, 3.05) is 0 Å². The number of aryl methyl sites for hydroxylation is 1. The smallest absolute Gasteiger partial charge is 0.0991 e.